The van der Waals surface area contributed by atoms with Crippen molar-refractivity contribution < 1.29 is 4.74 Å². The zero-order valence-electron chi connectivity index (χ0n) is 10.3. The highest BCUT2D eigenvalue weighted by Gasteiger charge is 2.32. The van der Waals surface area contributed by atoms with Crippen molar-refractivity contribution in [1.29, 1.82) is 0 Å². The van der Waals surface area contributed by atoms with Gasteiger partial charge in [-0.25, -0.2) is 0 Å². The number of methoxy groups -OCH3 is 1. The Hall–Kier alpha value is -1.48. The van der Waals surface area contributed by atoms with Gasteiger partial charge in [-0.05, 0) is 49.4 Å². The van der Waals surface area contributed by atoms with E-state index in [0.29, 0.717) is 5.92 Å². The third-order valence-corrected chi connectivity index (χ3v) is 3.71. The van der Waals surface area contributed by atoms with E-state index in [1.54, 1.807) is 7.11 Å². The van der Waals surface area contributed by atoms with Gasteiger partial charge in [0.2, 0.25) is 0 Å². The monoisotopic (exact) mass is 230 g/mol. The number of hydrogen-bond acceptors (Lipinski definition) is 2. The van der Waals surface area contributed by atoms with E-state index in [4.69, 9.17) is 10.5 Å². The summed E-state index contributed by atoms with van der Waals surface area (Å²) in [5, 5.41) is 1.21. The second-order valence-corrected chi connectivity index (χ2v) is 4.94. The molecule has 3 rings (SSSR count). The van der Waals surface area contributed by atoms with Gasteiger partial charge in [-0.2, -0.15) is 0 Å². The van der Waals surface area contributed by atoms with Gasteiger partial charge in [-0.3, -0.25) is 0 Å². The number of aryl methyl sites for hydroxylation is 1. The van der Waals surface area contributed by atoms with Crippen molar-refractivity contribution in [3.63, 3.8) is 0 Å². The van der Waals surface area contributed by atoms with Crippen LogP contribution in [-0.2, 0) is 0 Å². The van der Waals surface area contributed by atoms with Crippen LogP contribution < -0.4 is 10.5 Å². The number of aromatic amines is 1. The van der Waals surface area contributed by atoms with Crippen molar-refractivity contribution in [3.8, 4) is 5.75 Å². The maximum absolute atomic E-state index is 6.34. The maximum atomic E-state index is 6.34. The fraction of sp³-hybridized carbons (Fsp3) is 0.429. The first-order valence-electron chi connectivity index (χ1n) is 6.12. The number of fused-ring (bicyclic) bond motifs is 1. The Bertz CT molecular complexity index is 555. The van der Waals surface area contributed by atoms with Crippen LogP contribution in [0.25, 0.3) is 10.9 Å². The molecule has 0 saturated heterocycles. The van der Waals surface area contributed by atoms with Crippen LogP contribution in [0, 0.1) is 12.8 Å². The number of nitrogens with one attached hydrogen (secondary N) is 1. The summed E-state index contributed by atoms with van der Waals surface area (Å²) in [7, 11) is 1.70. The molecule has 90 valence electrons. The van der Waals surface area contributed by atoms with Crippen LogP contribution in [0.4, 0.5) is 0 Å². The average molecular weight is 230 g/mol. The second-order valence-electron chi connectivity index (χ2n) is 4.94. The van der Waals surface area contributed by atoms with E-state index in [2.05, 4.69) is 24.0 Å². The van der Waals surface area contributed by atoms with Gasteiger partial charge in [-0.15, -0.1) is 0 Å². The summed E-state index contributed by atoms with van der Waals surface area (Å²) in [4.78, 5) is 3.41. The van der Waals surface area contributed by atoms with E-state index < -0.39 is 0 Å². The summed E-state index contributed by atoms with van der Waals surface area (Å²) < 4.78 is 5.29. The Morgan fingerprint density at radius 1 is 1.41 bits per heavy atom. The third kappa shape index (κ3) is 1.71. The Morgan fingerprint density at radius 2 is 2.18 bits per heavy atom. The Labute approximate surface area is 101 Å². The second kappa shape index (κ2) is 3.77. The lowest BCUT2D eigenvalue weighted by Crippen LogP contribution is -2.13. The van der Waals surface area contributed by atoms with E-state index in [-0.39, 0.29) is 6.04 Å². The molecule has 1 unspecified atom stereocenters. The lowest BCUT2D eigenvalue weighted by atomic mass is 10.00. The van der Waals surface area contributed by atoms with E-state index in [1.165, 1.54) is 29.5 Å². The molecule has 3 heteroatoms. The van der Waals surface area contributed by atoms with Crippen molar-refractivity contribution in [1.82, 2.24) is 4.98 Å². The van der Waals surface area contributed by atoms with Gasteiger partial charge in [0.1, 0.15) is 5.75 Å². The number of rotatable bonds is 3. The maximum Gasteiger partial charge on any atom is 0.119 e. The molecule has 0 amide bonds. The zero-order chi connectivity index (χ0) is 12.0. The Balaban J connectivity index is 2.16. The average Bonchev–Trinajstić information content (AvgIpc) is 3.11. The van der Waals surface area contributed by atoms with Crippen LogP contribution in [0.3, 0.4) is 0 Å². The first-order valence-corrected chi connectivity index (χ1v) is 6.12. The molecule has 1 heterocycles. The third-order valence-electron chi connectivity index (χ3n) is 3.71. The molecule has 1 fully saturated rings. The van der Waals surface area contributed by atoms with Crippen LogP contribution in [0.15, 0.2) is 18.2 Å². The molecule has 2 aromatic rings. The van der Waals surface area contributed by atoms with Gasteiger partial charge in [0.05, 0.1) is 7.11 Å². The number of ether oxygens (including phenoxy) is 1. The quantitative estimate of drug-likeness (QED) is 0.851. The summed E-state index contributed by atoms with van der Waals surface area (Å²) in [6.07, 6.45) is 2.52. The molecule has 3 N–H and O–H groups in total. The molecule has 0 spiro atoms. The van der Waals surface area contributed by atoms with Gasteiger partial charge < -0.3 is 15.5 Å². The Kier molecular flexibility index (Phi) is 2.37. The van der Waals surface area contributed by atoms with E-state index in [1.807, 2.05) is 6.07 Å². The van der Waals surface area contributed by atoms with Gasteiger partial charge in [0, 0.05) is 22.6 Å². The van der Waals surface area contributed by atoms with Crippen molar-refractivity contribution in [2.45, 2.75) is 25.8 Å². The number of H-pyrrole nitrogens is 1. The van der Waals surface area contributed by atoms with Crippen LogP contribution >= 0.6 is 0 Å². The van der Waals surface area contributed by atoms with E-state index in [9.17, 15) is 0 Å². The fourth-order valence-corrected chi connectivity index (χ4v) is 2.57. The highest BCUT2D eigenvalue weighted by Crippen LogP contribution is 2.43. The standard InChI is InChI=1S/C14H18N2O/c1-8-13(14(15)9-3-4-9)11-7-10(17-2)5-6-12(11)16-8/h5-7,9,14,16H,3-4,15H2,1-2H3. The molecular formula is C14H18N2O. The fourth-order valence-electron chi connectivity index (χ4n) is 2.57. The summed E-state index contributed by atoms with van der Waals surface area (Å²) in [6.45, 7) is 2.10. The molecule has 3 nitrogen and oxygen atoms in total. The molecule has 17 heavy (non-hydrogen) atoms. The van der Waals surface area contributed by atoms with Crippen LogP contribution in [0.1, 0.15) is 30.1 Å². The van der Waals surface area contributed by atoms with Crippen molar-refractivity contribution >= 4 is 10.9 Å². The largest absolute Gasteiger partial charge is 0.497 e. The minimum atomic E-state index is 0.163. The predicted octanol–water partition coefficient (Wildman–Crippen LogP) is 2.89. The van der Waals surface area contributed by atoms with Gasteiger partial charge in [0.15, 0.2) is 0 Å². The summed E-state index contributed by atoms with van der Waals surface area (Å²) in [5.41, 5.74) is 9.94. The van der Waals surface area contributed by atoms with Gasteiger partial charge in [0.25, 0.3) is 0 Å². The smallest absolute Gasteiger partial charge is 0.119 e. The number of benzene rings is 1. The van der Waals surface area contributed by atoms with Crippen LogP contribution in [-0.4, -0.2) is 12.1 Å². The van der Waals surface area contributed by atoms with E-state index >= 15 is 0 Å². The molecule has 0 aliphatic heterocycles. The molecule has 1 aliphatic carbocycles. The Morgan fingerprint density at radius 3 is 2.82 bits per heavy atom. The molecular weight excluding hydrogens is 212 g/mol. The first kappa shape index (κ1) is 10.7. The summed E-state index contributed by atoms with van der Waals surface area (Å²) in [5.74, 6) is 1.56. The number of nitrogens with two attached hydrogens (primary N) is 1. The molecule has 1 aromatic carbocycles. The highest BCUT2D eigenvalue weighted by atomic mass is 16.5. The number of aromatic nitrogens is 1. The van der Waals surface area contributed by atoms with Crippen LogP contribution in [0.5, 0.6) is 5.75 Å². The lowest BCUT2D eigenvalue weighted by Gasteiger charge is -2.11. The SMILES string of the molecule is COc1ccc2[nH]c(C)c(C(N)C3CC3)c2c1. The van der Waals surface area contributed by atoms with Gasteiger partial charge in [-0.1, -0.05) is 0 Å². The first-order chi connectivity index (χ1) is 8.20. The van der Waals surface area contributed by atoms with Crippen LogP contribution in [0.2, 0.25) is 0 Å². The number of hydrogen-bond donors (Lipinski definition) is 2. The minimum Gasteiger partial charge on any atom is -0.497 e. The van der Waals surface area contributed by atoms with E-state index in [0.717, 1.165) is 11.3 Å². The topological polar surface area (TPSA) is 51.0 Å². The lowest BCUT2D eigenvalue weighted by molar-refractivity contribution is 0.415. The predicted molar refractivity (Wildman–Crippen MR) is 69.2 cm³/mol. The minimum absolute atomic E-state index is 0.163. The summed E-state index contributed by atoms with van der Waals surface area (Å²) >= 11 is 0. The molecule has 0 bridgehead atoms. The van der Waals surface area contributed by atoms with Crippen molar-refractivity contribution in [2.24, 2.45) is 11.7 Å². The van der Waals surface area contributed by atoms with Crippen molar-refractivity contribution in [2.75, 3.05) is 7.11 Å². The van der Waals surface area contributed by atoms with Crippen molar-refractivity contribution in [3.05, 3.63) is 29.5 Å². The molecule has 1 atom stereocenters. The molecule has 1 aliphatic rings. The molecule has 1 aromatic heterocycles. The highest BCUT2D eigenvalue weighted by molar-refractivity contribution is 5.86. The summed E-state index contributed by atoms with van der Waals surface area (Å²) in [6, 6.07) is 6.28. The molecule has 0 radical (unpaired) electrons. The zero-order valence-corrected chi connectivity index (χ0v) is 10.3. The molecule has 1 saturated carbocycles. The normalized spacial score (nSPS) is 17.4. The van der Waals surface area contributed by atoms with Gasteiger partial charge >= 0.3 is 0 Å².